The summed E-state index contributed by atoms with van der Waals surface area (Å²) in [5, 5.41) is 35.9. The minimum Gasteiger partial charge on any atom is -0.508 e. The van der Waals surface area contributed by atoms with E-state index in [0.29, 0.717) is 24.4 Å². The number of phenolic OH excluding ortho intramolecular Hbond substituents is 1. The lowest BCUT2D eigenvalue weighted by atomic mass is 9.85. The first-order valence-electron chi connectivity index (χ1n) is 16.1. The molecule has 11 heteroatoms. The number of nitrogens with zero attached hydrogens (tertiary/aromatic N) is 4. The highest BCUT2D eigenvalue weighted by atomic mass is 16.5. The van der Waals surface area contributed by atoms with E-state index in [1.807, 2.05) is 30.3 Å². The number of amides is 2. The first kappa shape index (κ1) is 33.5. The SMILES string of the molecule is CC(C)(C)c1cc(NC(=O)N[C@H]2CC[C@@H](Oc3ccc(=N)n(C=N)c3)c3ccccc32)n(-c2ccc(O)cc2)n1.C[C@@H]1CCCN1C. The predicted octanol–water partition coefficient (Wildman–Crippen LogP) is 6.49. The van der Waals surface area contributed by atoms with Gasteiger partial charge in [0, 0.05) is 17.5 Å². The van der Waals surface area contributed by atoms with Gasteiger partial charge in [0.25, 0.3) is 0 Å². The lowest BCUT2D eigenvalue weighted by Crippen LogP contribution is -2.36. The van der Waals surface area contributed by atoms with Gasteiger partial charge >= 0.3 is 6.03 Å². The van der Waals surface area contributed by atoms with Crippen molar-refractivity contribution in [2.75, 3.05) is 18.9 Å². The number of carbonyl (C=O) groups excluding carboxylic acids is 1. The van der Waals surface area contributed by atoms with Crippen molar-refractivity contribution in [3.63, 3.8) is 0 Å². The van der Waals surface area contributed by atoms with Crippen LogP contribution in [0, 0.1) is 10.8 Å². The van der Waals surface area contributed by atoms with Gasteiger partial charge in [-0.05, 0) is 93.7 Å². The quantitative estimate of drug-likeness (QED) is 0.121. The number of benzene rings is 2. The third-order valence-corrected chi connectivity index (χ3v) is 8.81. The summed E-state index contributed by atoms with van der Waals surface area (Å²) in [5.74, 6) is 1.25. The fraction of sp³-hybridized carbons (Fsp3) is 0.389. The number of nitrogens with one attached hydrogen (secondary N) is 4. The highest BCUT2D eigenvalue weighted by molar-refractivity contribution is 5.89. The van der Waals surface area contributed by atoms with Crippen molar-refractivity contribution < 1.29 is 14.6 Å². The number of carbonyl (C=O) groups is 1. The molecule has 248 valence electrons. The molecule has 0 bridgehead atoms. The first-order valence-corrected chi connectivity index (χ1v) is 16.1. The van der Waals surface area contributed by atoms with Crippen molar-refractivity contribution in [2.24, 2.45) is 0 Å². The summed E-state index contributed by atoms with van der Waals surface area (Å²) in [6.45, 7) is 9.77. The number of urea groups is 1. The number of rotatable bonds is 6. The van der Waals surface area contributed by atoms with Crippen LogP contribution in [0.25, 0.3) is 5.69 Å². The largest absolute Gasteiger partial charge is 0.508 e. The monoisotopic (exact) mass is 638 g/mol. The van der Waals surface area contributed by atoms with Gasteiger partial charge in [-0.3, -0.25) is 20.7 Å². The zero-order chi connectivity index (χ0) is 33.7. The first-order chi connectivity index (χ1) is 22.4. The molecule has 0 unspecified atom stereocenters. The average Bonchev–Trinajstić information content (AvgIpc) is 3.65. The molecular formula is C36H46N8O3. The molecule has 2 amide bonds. The summed E-state index contributed by atoms with van der Waals surface area (Å²) in [4.78, 5) is 15.7. The Morgan fingerprint density at radius 2 is 1.77 bits per heavy atom. The summed E-state index contributed by atoms with van der Waals surface area (Å²) < 4.78 is 9.32. The van der Waals surface area contributed by atoms with Gasteiger partial charge in [0.15, 0.2) is 0 Å². The molecule has 0 spiro atoms. The van der Waals surface area contributed by atoms with Crippen LogP contribution < -0.4 is 20.9 Å². The van der Waals surface area contributed by atoms with E-state index in [4.69, 9.17) is 20.7 Å². The van der Waals surface area contributed by atoms with E-state index in [0.717, 1.165) is 34.9 Å². The van der Waals surface area contributed by atoms with Crippen LogP contribution in [-0.4, -0.2) is 56.4 Å². The van der Waals surface area contributed by atoms with Crippen LogP contribution in [0.2, 0.25) is 0 Å². The van der Waals surface area contributed by atoms with Gasteiger partial charge < -0.3 is 20.1 Å². The Kier molecular flexibility index (Phi) is 10.1. The Balaban J connectivity index is 0.000000549. The van der Waals surface area contributed by atoms with Crippen molar-refractivity contribution in [3.8, 4) is 17.2 Å². The number of anilines is 1. The minimum absolute atomic E-state index is 0.153. The van der Waals surface area contributed by atoms with Crippen LogP contribution in [-0.2, 0) is 5.41 Å². The standard InChI is InChI=1S/C30H33N7O3.C6H13N/c1-30(2,3)26-16-28(37(35-26)19-8-10-20(38)11-9-19)34-29(39)33-24-13-14-25(23-7-5-4-6-22(23)24)40-21-12-15-27(32)36(17-21)18-31;1-6-4-3-5-7(6)2/h4-12,15-18,24-25,31-32,38H,13-14H2,1-3H3,(H2,33,34,39);6H,3-5H2,1-2H3/t24-,25+;6-/m01/s1. The number of aromatic hydroxyl groups is 1. The molecule has 1 fully saturated rings. The summed E-state index contributed by atoms with van der Waals surface area (Å²) in [6.07, 6.45) is 6.61. The Hall–Kier alpha value is -4.90. The third-order valence-electron chi connectivity index (χ3n) is 8.81. The third kappa shape index (κ3) is 8.10. The van der Waals surface area contributed by atoms with Gasteiger partial charge in [0.2, 0.25) is 0 Å². The van der Waals surface area contributed by atoms with Crippen LogP contribution in [0.4, 0.5) is 10.6 Å². The Labute approximate surface area is 276 Å². The van der Waals surface area contributed by atoms with Crippen molar-refractivity contribution in [1.82, 2.24) is 24.6 Å². The topological polar surface area (TPSA) is 144 Å². The zero-order valence-electron chi connectivity index (χ0n) is 27.8. The molecule has 2 aromatic carbocycles. The number of phenols is 1. The lowest BCUT2D eigenvalue weighted by Gasteiger charge is -2.32. The fourth-order valence-corrected chi connectivity index (χ4v) is 5.88. The van der Waals surface area contributed by atoms with Crippen molar-refractivity contribution >= 4 is 18.2 Å². The molecular weight excluding hydrogens is 592 g/mol. The second-order valence-corrected chi connectivity index (χ2v) is 13.3. The molecule has 4 aromatic rings. The average molecular weight is 639 g/mol. The van der Waals surface area contributed by atoms with Gasteiger partial charge in [-0.1, -0.05) is 45.0 Å². The number of fused-ring (bicyclic) bond motifs is 1. The van der Waals surface area contributed by atoms with Gasteiger partial charge in [0.1, 0.15) is 28.9 Å². The van der Waals surface area contributed by atoms with Crippen molar-refractivity contribution in [1.29, 1.82) is 10.8 Å². The van der Waals surface area contributed by atoms with Crippen molar-refractivity contribution in [2.45, 2.75) is 77.0 Å². The maximum atomic E-state index is 13.3. The Morgan fingerprint density at radius 3 is 2.38 bits per heavy atom. The van der Waals surface area contributed by atoms with Gasteiger partial charge in [-0.2, -0.15) is 5.10 Å². The highest BCUT2D eigenvalue weighted by Crippen LogP contribution is 2.38. The second kappa shape index (κ2) is 14.3. The summed E-state index contributed by atoms with van der Waals surface area (Å²) >= 11 is 0. The molecule has 0 radical (unpaired) electrons. The Bertz CT molecular complexity index is 1750. The van der Waals surface area contributed by atoms with E-state index in [9.17, 15) is 9.90 Å². The fourth-order valence-electron chi connectivity index (χ4n) is 5.88. The molecule has 0 saturated carbocycles. The number of pyridine rings is 1. The van der Waals surface area contributed by atoms with E-state index in [1.165, 1.54) is 24.0 Å². The number of hydrogen-bond acceptors (Lipinski definition) is 7. The number of likely N-dealkylation sites (tertiary alicyclic amines) is 1. The van der Waals surface area contributed by atoms with E-state index >= 15 is 0 Å². The Morgan fingerprint density at radius 1 is 1.04 bits per heavy atom. The molecule has 3 atom stereocenters. The molecule has 1 aliphatic heterocycles. The maximum absolute atomic E-state index is 13.3. The zero-order valence-corrected chi connectivity index (χ0v) is 27.8. The maximum Gasteiger partial charge on any atom is 0.320 e. The number of ether oxygens (including phenoxy) is 1. The predicted molar refractivity (Wildman–Crippen MR) is 184 cm³/mol. The molecule has 2 aromatic heterocycles. The highest BCUT2D eigenvalue weighted by Gasteiger charge is 2.30. The van der Waals surface area contributed by atoms with Gasteiger partial charge in [-0.15, -0.1) is 0 Å². The van der Waals surface area contributed by atoms with Crippen molar-refractivity contribution in [3.05, 3.63) is 95.2 Å². The molecule has 47 heavy (non-hydrogen) atoms. The van der Waals surface area contributed by atoms with Crippen LogP contribution in [0.1, 0.15) is 82.3 Å². The molecule has 1 aliphatic carbocycles. The number of hydrogen-bond donors (Lipinski definition) is 5. The lowest BCUT2D eigenvalue weighted by molar-refractivity contribution is 0.171. The minimum atomic E-state index is -0.349. The van der Waals surface area contributed by atoms with Crippen LogP contribution >= 0.6 is 0 Å². The van der Waals surface area contributed by atoms with Gasteiger partial charge in [0.05, 0.1) is 30.0 Å². The summed E-state index contributed by atoms with van der Waals surface area (Å²) in [7, 11) is 2.19. The molecule has 2 aliphatic rings. The molecule has 3 heterocycles. The van der Waals surface area contributed by atoms with E-state index in [-0.39, 0.29) is 34.8 Å². The molecule has 5 N–H and O–H groups in total. The molecule has 1 saturated heterocycles. The van der Waals surface area contributed by atoms with Crippen LogP contribution in [0.3, 0.4) is 0 Å². The summed E-state index contributed by atoms with van der Waals surface area (Å²) in [5.41, 5.74) is 3.47. The second-order valence-electron chi connectivity index (χ2n) is 13.3. The molecule has 11 nitrogen and oxygen atoms in total. The molecule has 6 rings (SSSR count). The van der Waals surface area contributed by atoms with E-state index < -0.39 is 0 Å². The van der Waals surface area contributed by atoms with Crippen LogP contribution in [0.5, 0.6) is 11.5 Å². The smallest absolute Gasteiger partial charge is 0.320 e. The van der Waals surface area contributed by atoms with Gasteiger partial charge in [-0.25, -0.2) is 9.48 Å². The normalized spacial score (nSPS) is 19.2. The van der Waals surface area contributed by atoms with Crippen LogP contribution in [0.15, 0.2) is 72.9 Å². The van der Waals surface area contributed by atoms with E-state index in [2.05, 4.69) is 50.3 Å². The van der Waals surface area contributed by atoms with E-state index in [1.54, 1.807) is 47.3 Å². The summed E-state index contributed by atoms with van der Waals surface area (Å²) in [6, 6.07) is 20.0. The number of aromatic nitrogens is 3.